The quantitative estimate of drug-likeness (QED) is 0.555. The first kappa shape index (κ1) is 9.68. The van der Waals surface area contributed by atoms with E-state index in [2.05, 4.69) is 0 Å². The van der Waals surface area contributed by atoms with Crippen LogP contribution in [0.15, 0.2) is 30.3 Å². The summed E-state index contributed by atoms with van der Waals surface area (Å²) in [4.78, 5) is 10.1. The van der Waals surface area contributed by atoms with Gasteiger partial charge in [0.05, 0.1) is 0 Å². The fourth-order valence-corrected chi connectivity index (χ4v) is 1.22. The molecule has 0 saturated heterocycles. The summed E-state index contributed by atoms with van der Waals surface area (Å²) in [5, 5.41) is 0. The average Bonchev–Trinajstić information content (AvgIpc) is 2.17. The molecule has 0 aliphatic heterocycles. The molecule has 1 aromatic carbocycles. The van der Waals surface area contributed by atoms with Crippen LogP contribution < -0.4 is 5.73 Å². The van der Waals surface area contributed by atoms with Gasteiger partial charge in [-0.2, -0.15) is 0 Å². The Bertz CT molecular complexity index is 305. The number of aldehydes is 1. The van der Waals surface area contributed by atoms with E-state index in [0.717, 1.165) is 18.3 Å². The zero-order valence-corrected chi connectivity index (χ0v) is 7.44. The van der Waals surface area contributed by atoms with Crippen molar-refractivity contribution in [1.29, 1.82) is 0 Å². The van der Waals surface area contributed by atoms with Crippen LogP contribution in [0.2, 0.25) is 0 Å². The Morgan fingerprint density at radius 3 is 2.77 bits per heavy atom. The second-order valence-electron chi connectivity index (χ2n) is 2.73. The van der Waals surface area contributed by atoms with Crippen molar-refractivity contribution < 1.29 is 4.79 Å². The summed E-state index contributed by atoms with van der Waals surface area (Å²) in [7, 11) is 0. The summed E-state index contributed by atoms with van der Waals surface area (Å²) in [6, 6.07) is 7.93. The Kier molecular flexibility index (Phi) is 3.93. The number of rotatable bonds is 4. The molecule has 0 aromatic heterocycles. The molecular formula is C11H13NO. The summed E-state index contributed by atoms with van der Waals surface area (Å²) in [5.74, 6) is 0. The standard InChI is InChI=1S/C11H13NO/c12-8-7-11-5-2-1-4-10(11)6-3-9-13/h1-6,9H,7-8,12H2. The Balaban J connectivity index is 2.90. The smallest absolute Gasteiger partial charge is 0.142 e. The molecule has 1 aromatic rings. The average molecular weight is 175 g/mol. The van der Waals surface area contributed by atoms with E-state index in [0.29, 0.717) is 6.54 Å². The van der Waals surface area contributed by atoms with Crippen molar-refractivity contribution in [2.24, 2.45) is 5.73 Å². The Morgan fingerprint density at radius 2 is 2.08 bits per heavy atom. The van der Waals surface area contributed by atoms with E-state index < -0.39 is 0 Å². The molecule has 0 radical (unpaired) electrons. The number of hydrogen-bond donors (Lipinski definition) is 1. The molecule has 0 unspecified atom stereocenters. The van der Waals surface area contributed by atoms with E-state index in [-0.39, 0.29) is 0 Å². The Hall–Kier alpha value is -1.41. The lowest BCUT2D eigenvalue weighted by Gasteiger charge is -2.02. The fraction of sp³-hybridized carbons (Fsp3) is 0.182. The van der Waals surface area contributed by atoms with Crippen molar-refractivity contribution in [1.82, 2.24) is 0 Å². The molecule has 2 N–H and O–H groups in total. The maximum Gasteiger partial charge on any atom is 0.142 e. The highest BCUT2D eigenvalue weighted by atomic mass is 16.1. The van der Waals surface area contributed by atoms with E-state index in [1.54, 1.807) is 6.08 Å². The molecule has 0 amide bonds. The largest absolute Gasteiger partial charge is 0.330 e. The molecule has 0 atom stereocenters. The van der Waals surface area contributed by atoms with Gasteiger partial charge in [0.1, 0.15) is 6.29 Å². The molecule has 1 rings (SSSR count). The first-order valence-corrected chi connectivity index (χ1v) is 4.28. The van der Waals surface area contributed by atoms with Gasteiger partial charge in [-0.3, -0.25) is 4.79 Å². The molecule has 2 heteroatoms. The number of benzene rings is 1. The van der Waals surface area contributed by atoms with Crippen LogP contribution in [0.3, 0.4) is 0 Å². The molecule has 0 aliphatic carbocycles. The maximum atomic E-state index is 10.1. The highest BCUT2D eigenvalue weighted by molar-refractivity contribution is 5.74. The van der Waals surface area contributed by atoms with Crippen molar-refractivity contribution in [2.45, 2.75) is 6.42 Å². The van der Waals surface area contributed by atoms with Crippen LogP contribution in [0.25, 0.3) is 6.08 Å². The molecule has 0 saturated carbocycles. The van der Waals surface area contributed by atoms with Crippen LogP contribution in [0.4, 0.5) is 0 Å². The third kappa shape index (κ3) is 2.84. The number of hydrogen-bond acceptors (Lipinski definition) is 2. The van der Waals surface area contributed by atoms with Gasteiger partial charge in [0, 0.05) is 0 Å². The Morgan fingerprint density at radius 1 is 1.31 bits per heavy atom. The highest BCUT2D eigenvalue weighted by Gasteiger charge is 1.95. The van der Waals surface area contributed by atoms with Gasteiger partial charge < -0.3 is 5.73 Å². The second-order valence-corrected chi connectivity index (χ2v) is 2.73. The van der Waals surface area contributed by atoms with Crippen molar-refractivity contribution >= 4 is 12.4 Å². The molecule has 0 fully saturated rings. The van der Waals surface area contributed by atoms with Crippen molar-refractivity contribution in [3.63, 3.8) is 0 Å². The molecule has 68 valence electrons. The summed E-state index contributed by atoms with van der Waals surface area (Å²) in [5.41, 5.74) is 7.72. The highest BCUT2D eigenvalue weighted by Crippen LogP contribution is 2.10. The third-order valence-corrected chi connectivity index (χ3v) is 1.82. The second kappa shape index (κ2) is 5.27. The van der Waals surface area contributed by atoms with Gasteiger partial charge in [0.2, 0.25) is 0 Å². The minimum absolute atomic E-state index is 0.631. The van der Waals surface area contributed by atoms with Gasteiger partial charge in [-0.25, -0.2) is 0 Å². The zero-order chi connectivity index (χ0) is 9.52. The zero-order valence-electron chi connectivity index (χ0n) is 7.44. The van der Waals surface area contributed by atoms with E-state index in [1.165, 1.54) is 11.6 Å². The number of carbonyl (C=O) groups is 1. The van der Waals surface area contributed by atoms with E-state index in [1.807, 2.05) is 24.3 Å². The Labute approximate surface area is 78.1 Å². The van der Waals surface area contributed by atoms with Crippen molar-refractivity contribution in [3.05, 3.63) is 41.5 Å². The van der Waals surface area contributed by atoms with Gasteiger partial charge in [0.25, 0.3) is 0 Å². The summed E-state index contributed by atoms with van der Waals surface area (Å²) in [6.07, 6.45) is 4.92. The number of allylic oxidation sites excluding steroid dienone is 1. The summed E-state index contributed by atoms with van der Waals surface area (Å²) in [6.45, 7) is 0.631. The van der Waals surface area contributed by atoms with Crippen LogP contribution in [0.1, 0.15) is 11.1 Å². The molecular weight excluding hydrogens is 162 g/mol. The van der Waals surface area contributed by atoms with E-state index >= 15 is 0 Å². The predicted molar refractivity (Wildman–Crippen MR) is 54.3 cm³/mol. The topological polar surface area (TPSA) is 43.1 Å². The van der Waals surface area contributed by atoms with E-state index in [9.17, 15) is 4.79 Å². The maximum absolute atomic E-state index is 10.1. The SMILES string of the molecule is NCCc1ccccc1C=CC=O. The fourth-order valence-electron chi connectivity index (χ4n) is 1.22. The van der Waals surface area contributed by atoms with Crippen molar-refractivity contribution in [3.8, 4) is 0 Å². The first-order chi connectivity index (χ1) is 6.38. The number of carbonyl (C=O) groups excluding carboxylic acids is 1. The minimum Gasteiger partial charge on any atom is -0.330 e. The lowest BCUT2D eigenvalue weighted by molar-refractivity contribution is -0.104. The minimum atomic E-state index is 0.631. The molecule has 2 nitrogen and oxygen atoms in total. The van der Waals surface area contributed by atoms with Gasteiger partial charge in [0.15, 0.2) is 0 Å². The van der Waals surface area contributed by atoms with E-state index in [4.69, 9.17) is 5.73 Å². The first-order valence-electron chi connectivity index (χ1n) is 4.28. The molecule has 0 heterocycles. The monoisotopic (exact) mass is 175 g/mol. The summed E-state index contributed by atoms with van der Waals surface area (Å²) < 4.78 is 0. The normalized spacial score (nSPS) is 10.5. The van der Waals surface area contributed by atoms with Gasteiger partial charge >= 0.3 is 0 Å². The van der Waals surface area contributed by atoms with Gasteiger partial charge in [-0.15, -0.1) is 0 Å². The van der Waals surface area contributed by atoms with Gasteiger partial charge in [-0.1, -0.05) is 30.3 Å². The molecule has 0 aliphatic rings. The number of nitrogens with two attached hydrogens (primary N) is 1. The van der Waals surface area contributed by atoms with Gasteiger partial charge in [-0.05, 0) is 30.2 Å². The van der Waals surface area contributed by atoms with Crippen LogP contribution >= 0.6 is 0 Å². The molecule has 0 spiro atoms. The lowest BCUT2D eigenvalue weighted by Crippen LogP contribution is -2.03. The van der Waals surface area contributed by atoms with Crippen LogP contribution in [0.5, 0.6) is 0 Å². The lowest BCUT2D eigenvalue weighted by atomic mass is 10.0. The predicted octanol–water partition coefficient (Wildman–Crippen LogP) is 1.40. The van der Waals surface area contributed by atoms with Crippen LogP contribution in [-0.4, -0.2) is 12.8 Å². The van der Waals surface area contributed by atoms with Crippen LogP contribution in [-0.2, 0) is 11.2 Å². The summed E-state index contributed by atoms with van der Waals surface area (Å²) >= 11 is 0. The van der Waals surface area contributed by atoms with Crippen LogP contribution in [0, 0.1) is 0 Å². The molecule has 13 heavy (non-hydrogen) atoms. The van der Waals surface area contributed by atoms with Crippen molar-refractivity contribution in [2.75, 3.05) is 6.54 Å². The third-order valence-electron chi connectivity index (χ3n) is 1.82. The molecule has 0 bridgehead atoms.